The highest BCUT2D eigenvalue weighted by Crippen LogP contribution is 2.37. The Bertz CT molecular complexity index is 1160. The zero-order chi connectivity index (χ0) is 21.4. The number of methoxy groups -OCH3 is 2. The summed E-state index contributed by atoms with van der Waals surface area (Å²) >= 11 is 0. The third-order valence-electron chi connectivity index (χ3n) is 5.37. The Morgan fingerprint density at radius 1 is 0.800 bits per heavy atom. The quantitative estimate of drug-likeness (QED) is 0.546. The zero-order valence-electron chi connectivity index (χ0n) is 16.9. The maximum absolute atomic E-state index is 14.9. The van der Waals surface area contributed by atoms with Gasteiger partial charge in [-0.2, -0.15) is 4.58 Å². The van der Waals surface area contributed by atoms with Gasteiger partial charge in [-0.05, 0) is 42.8 Å². The molecular formula is C24H21F3NO2+. The second kappa shape index (κ2) is 7.86. The van der Waals surface area contributed by atoms with Crippen molar-refractivity contribution in [2.24, 2.45) is 0 Å². The second-order valence-electron chi connectivity index (χ2n) is 7.21. The number of halogens is 3. The first-order valence-corrected chi connectivity index (χ1v) is 9.56. The number of nitrogens with zero attached hydrogens (tertiary/aromatic N) is 1. The number of rotatable bonds is 4. The van der Waals surface area contributed by atoms with Crippen molar-refractivity contribution in [2.45, 2.75) is 19.4 Å². The van der Waals surface area contributed by atoms with Crippen molar-refractivity contribution in [3.05, 3.63) is 88.7 Å². The van der Waals surface area contributed by atoms with Crippen LogP contribution in [0.4, 0.5) is 18.9 Å². The van der Waals surface area contributed by atoms with Gasteiger partial charge in [-0.1, -0.05) is 12.1 Å². The van der Waals surface area contributed by atoms with Crippen molar-refractivity contribution in [1.82, 2.24) is 0 Å². The third kappa shape index (κ3) is 3.32. The van der Waals surface area contributed by atoms with Crippen LogP contribution in [-0.2, 0) is 6.42 Å². The van der Waals surface area contributed by atoms with E-state index in [1.165, 1.54) is 19.2 Å². The monoisotopic (exact) mass is 412 g/mol. The summed E-state index contributed by atoms with van der Waals surface area (Å²) in [5.41, 5.74) is 3.08. The van der Waals surface area contributed by atoms with Gasteiger partial charge >= 0.3 is 0 Å². The summed E-state index contributed by atoms with van der Waals surface area (Å²) in [5.74, 6) is -1.20. The number of hydrogen-bond donors (Lipinski definition) is 0. The lowest BCUT2D eigenvalue weighted by Gasteiger charge is -2.25. The number of benzene rings is 3. The molecule has 1 atom stereocenters. The molecule has 1 aliphatic heterocycles. The van der Waals surface area contributed by atoms with Gasteiger partial charge in [-0.15, -0.1) is 0 Å². The van der Waals surface area contributed by atoms with Crippen LogP contribution in [0.15, 0.2) is 54.6 Å². The van der Waals surface area contributed by atoms with Crippen molar-refractivity contribution < 1.29 is 27.2 Å². The molecule has 0 saturated heterocycles. The van der Waals surface area contributed by atoms with E-state index in [1.807, 2.05) is 17.6 Å². The van der Waals surface area contributed by atoms with Crippen LogP contribution in [0.25, 0.3) is 0 Å². The van der Waals surface area contributed by atoms with Crippen LogP contribution in [0.3, 0.4) is 0 Å². The molecule has 0 N–H and O–H groups in total. The molecule has 1 unspecified atom stereocenters. The molecule has 1 heterocycles. The fraction of sp³-hybridized carbons (Fsp3) is 0.208. The predicted octanol–water partition coefficient (Wildman–Crippen LogP) is 5.25. The van der Waals surface area contributed by atoms with Gasteiger partial charge in [0, 0.05) is 18.6 Å². The Morgan fingerprint density at radius 2 is 1.50 bits per heavy atom. The molecule has 154 valence electrons. The fourth-order valence-electron chi connectivity index (χ4n) is 4.02. The van der Waals surface area contributed by atoms with E-state index in [-0.39, 0.29) is 6.04 Å². The van der Waals surface area contributed by atoms with Crippen molar-refractivity contribution >= 4 is 11.4 Å². The molecule has 0 aromatic heterocycles. The molecule has 0 saturated carbocycles. The first-order chi connectivity index (χ1) is 14.4. The molecule has 1 aliphatic rings. The molecular weight excluding hydrogens is 391 g/mol. The molecule has 0 radical (unpaired) electrons. The first-order valence-electron chi connectivity index (χ1n) is 9.56. The topological polar surface area (TPSA) is 21.5 Å². The summed E-state index contributed by atoms with van der Waals surface area (Å²) in [6.45, 7) is 1.96. The number of ether oxygens (including phenoxy) is 2. The lowest BCUT2D eigenvalue weighted by Crippen LogP contribution is -2.35. The maximum atomic E-state index is 14.9. The molecule has 0 aliphatic carbocycles. The summed E-state index contributed by atoms with van der Waals surface area (Å²) in [4.78, 5) is 0. The van der Waals surface area contributed by atoms with E-state index < -0.39 is 17.5 Å². The molecule has 6 heteroatoms. The van der Waals surface area contributed by atoms with E-state index in [9.17, 15) is 13.2 Å². The Hall–Kier alpha value is -3.28. The van der Waals surface area contributed by atoms with Gasteiger partial charge in [0.25, 0.3) is 0 Å². The smallest absolute Gasteiger partial charge is 0.223 e. The predicted molar refractivity (Wildman–Crippen MR) is 109 cm³/mol. The van der Waals surface area contributed by atoms with Crippen molar-refractivity contribution in [2.75, 3.05) is 14.2 Å². The van der Waals surface area contributed by atoms with E-state index in [2.05, 4.69) is 0 Å². The van der Waals surface area contributed by atoms with Gasteiger partial charge in [0.15, 0.2) is 29.2 Å². The average Bonchev–Trinajstić information content (AvgIpc) is 2.74. The van der Waals surface area contributed by atoms with Crippen LogP contribution in [-0.4, -0.2) is 30.5 Å². The minimum Gasteiger partial charge on any atom is -0.493 e. The molecule has 0 amide bonds. The van der Waals surface area contributed by atoms with E-state index >= 15 is 0 Å². The molecule has 30 heavy (non-hydrogen) atoms. The second-order valence-corrected chi connectivity index (χ2v) is 7.21. The van der Waals surface area contributed by atoms with Crippen molar-refractivity contribution in [3.8, 4) is 11.5 Å². The molecule has 3 aromatic rings. The number of fused-ring (bicyclic) bond motifs is 1. The maximum Gasteiger partial charge on any atom is 0.223 e. The fourth-order valence-corrected chi connectivity index (χ4v) is 4.02. The first kappa shape index (κ1) is 20.0. The largest absolute Gasteiger partial charge is 0.493 e. The van der Waals surface area contributed by atoms with Gasteiger partial charge in [0.2, 0.25) is 11.4 Å². The molecule has 4 rings (SSSR count). The normalized spacial score (nSPS) is 15.7. The van der Waals surface area contributed by atoms with Gasteiger partial charge < -0.3 is 9.47 Å². The van der Waals surface area contributed by atoms with Crippen LogP contribution in [0.1, 0.15) is 23.6 Å². The molecule has 0 spiro atoms. The Balaban J connectivity index is 2.08. The van der Waals surface area contributed by atoms with Gasteiger partial charge in [0.1, 0.15) is 5.82 Å². The lowest BCUT2D eigenvalue weighted by atomic mass is 9.88. The molecule has 0 fully saturated rings. The van der Waals surface area contributed by atoms with Gasteiger partial charge in [-0.25, -0.2) is 13.2 Å². The van der Waals surface area contributed by atoms with E-state index in [4.69, 9.17) is 9.47 Å². The Morgan fingerprint density at radius 3 is 2.17 bits per heavy atom. The van der Waals surface area contributed by atoms with E-state index in [0.717, 1.165) is 23.3 Å². The third-order valence-corrected chi connectivity index (χ3v) is 5.37. The van der Waals surface area contributed by atoms with Gasteiger partial charge in [-0.3, -0.25) is 0 Å². The molecule has 3 aromatic carbocycles. The summed E-state index contributed by atoms with van der Waals surface area (Å²) in [5, 5.41) is 0. The van der Waals surface area contributed by atoms with Gasteiger partial charge in [0.05, 0.1) is 25.3 Å². The van der Waals surface area contributed by atoms with Crippen LogP contribution >= 0.6 is 0 Å². The summed E-state index contributed by atoms with van der Waals surface area (Å²) in [6, 6.07) is 13.7. The Labute approximate surface area is 173 Å². The van der Waals surface area contributed by atoms with Crippen molar-refractivity contribution in [1.29, 1.82) is 0 Å². The van der Waals surface area contributed by atoms with Crippen LogP contribution in [0, 0.1) is 17.5 Å². The highest BCUT2D eigenvalue weighted by Gasteiger charge is 2.36. The van der Waals surface area contributed by atoms with Crippen LogP contribution in [0.5, 0.6) is 11.5 Å². The van der Waals surface area contributed by atoms with Crippen LogP contribution in [0.2, 0.25) is 0 Å². The SMILES string of the molecule is COc1cc2c(cc1OC)C(c1ccccc1F)=[N+](c1ccc(F)c(F)c1)C(C)C2. The highest BCUT2D eigenvalue weighted by molar-refractivity contribution is 6.12. The van der Waals surface area contributed by atoms with E-state index in [0.29, 0.717) is 34.9 Å². The minimum absolute atomic E-state index is 0.143. The molecule has 0 bridgehead atoms. The minimum atomic E-state index is -0.953. The van der Waals surface area contributed by atoms with E-state index in [1.54, 1.807) is 31.4 Å². The van der Waals surface area contributed by atoms with Crippen molar-refractivity contribution in [3.63, 3.8) is 0 Å². The standard InChI is InChI=1S/C24H21F3NO2/c1-14-10-15-11-22(29-2)23(30-3)13-18(15)24(17-6-4-5-7-19(17)25)28(14)16-8-9-20(26)21(27)12-16/h4-9,11-14H,10H2,1-3H3/q+1. The zero-order valence-corrected chi connectivity index (χ0v) is 16.9. The molecule has 3 nitrogen and oxygen atoms in total. The average molecular weight is 412 g/mol. The number of hydrogen-bond acceptors (Lipinski definition) is 2. The summed E-state index contributed by atoms with van der Waals surface area (Å²) in [7, 11) is 3.09. The summed E-state index contributed by atoms with van der Waals surface area (Å²) < 4.78 is 55.3. The van der Waals surface area contributed by atoms with Crippen LogP contribution < -0.4 is 9.47 Å². The lowest BCUT2D eigenvalue weighted by molar-refractivity contribution is -0.481. The Kier molecular flexibility index (Phi) is 5.24. The summed E-state index contributed by atoms with van der Waals surface area (Å²) in [6.07, 6.45) is 0.604. The highest BCUT2D eigenvalue weighted by atomic mass is 19.2.